The molecule has 0 saturated carbocycles. The van der Waals surface area contributed by atoms with Crippen molar-refractivity contribution >= 4 is 34.8 Å². The Balaban J connectivity index is 1.69. The highest BCUT2D eigenvalue weighted by Crippen LogP contribution is 2.37. The minimum absolute atomic E-state index is 0.0502. The lowest BCUT2D eigenvalue weighted by Crippen LogP contribution is -2.31. The highest BCUT2D eigenvalue weighted by atomic mass is 16.2. The molecule has 142 valence electrons. The number of hydrogen-bond acceptors (Lipinski definition) is 4. The van der Waals surface area contributed by atoms with E-state index in [0.29, 0.717) is 5.70 Å². The van der Waals surface area contributed by atoms with Crippen LogP contribution in [0, 0.1) is 0 Å². The fraction of sp³-hybridized carbons (Fsp3) is 0.227. The zero-order valence-corrected chi connectivity index (χ0v) is 15.9. The summed E-state index contributed by atoms with van der Waals surface area (Å²) in [7, 11) is 0. The van der Waals surface area contributed by atoms with Crippen molar-refractivity contribution in [2.75, 3.05) is 16.8 Å². The number of nitrogens with zero attached hydrogens (tertiary/aromatic N) is 2. The number of hydrogen-bond donors (Lipinski definition) is 1. The Morgan fingerprint density at radius 1 is 0.929 bits per heavy atom. The average molecular weight is 375 g/mol. The molecule has 2 aliphatic heterocycles. The second-order valence-electron chi connectivity index (χ2n) is 7.06. The zero-order valence-electron chi connectivity index (χ0n) is 15.9. The van der Waals surface area contributed by atoms with Crippen LogP contribution in [-0.4, -0.2) is 29.2 Å². The van der Waals surface area contributed by atoms with E-state index in [1.807, 2.05) is 36.4 Å². The molecule has 28 heavy (non-hydrogen) atoms. The third kappa shape index (κ3) is 3.17. The molecule has 6 heteroatoms. The Morgan fingerprint density at radius 3 is 2.32 bits per heavy atom. The van der Waals surface area contributed by atoms with Crippen LogP contribution >= 0.6 is 0 Å². The molecule has 0 aromatic heterocycles. The summed E-state index contributed by atoms with van der Waals surface area (Å²) in [5.74, 6) is -0.644. The van der Waals surface area contributed by atoms with Crippen LogP contribution in [0.4, 0.5) is 17.1 Å². The maximum atomic E-state index is 12.5. The Kier molecular flexibility index (Phi) is 4.47. The molecule has 0 radical (unpaired) electrons. The molecule has 6 nitrogen and oxygen atoms in total. The molecule has 1 N–H and O–H groups in total. The normalized spacial score (nSPS) is 15.5. The summed E-state index contributed by atoms with van der Waals surface area (Å²) in [5.41, 5.74) is 5.42. The van der Waals surface area contributed by atoms with Crippen molar-refractivity contribution < 1.29 is 14.4 Å². The van der Waals surface area contributed by atoms with Crippen LogP contribution in [0.25, 0.3) is 0 Å². The summed E-state index contributed by atoms with van der Waals surface area (Å²) in [5, 5.41) is 3.22. The first kappa shape index (κ1) is 18.0. The minimum atomic E-state index is -0.316. The van der Waals surface area contributed by atoms with Crippen molar-refractivity contribution in [2.24, 2.45) is 0 Å². The molecule has 2 aromatic rings. The molecule has 3 amide bonds. The molecule has 0 aliphatic carbocycles. The van der Waals surface area contributed by atoms with Crippen LogP contribution in [0.3, 0.4) is 0 Å². The van der Waals surface area contributed by atoms with Gasteiger partial charge in [-0.05, 0) is 42.2 Å². The van der Waals surface area contributed by atoms with Crippen LogP contribution in [0.1, 0.15) is 25.0 Å². The largest absolute Gasteiger partial charge is 0.357 e. The minimum Gasteiger partial charge on any atom is -0.357 e. The van der Waals surface area contributed by atoms with Gasteiger partial charge in [-0.2, -0.15) is 0 Å². The van der Waals surface area contributed by atoms with Crippen molar-refractivity contribution in [3.63, 3.8) is 0 Å². The number of anilines is 3. The van der Waals surface area contributed by atoms with E-state index in [1.54, 1.807) is 11.8 Å². The van der Waals surface area contributed by atoms with E-state index >= 15 is 0 Å². The SMILES string of the molecule is CC(=O)N1CC(Nc2ccc3c(c2)N(C(C)=O)c2ccccc2CC3)=CC1=O. The quantitative estimate of drug-likeness (QED) is 0.875. The van der Waals surface area contributed by atoms with E-state index in [0.717, 1.165) is 41.0 Å². The summed E-state index contributed by atoms with van der Waals surface area (Å²) < 4.78 is 0. The standard InChI is InChI=1S/C22H21N3O3/c1-14(26)24-13-19(12-22(24)28)23-18-10-9-17-8-7-16-5-3-4-6-20(16)25(15(2)27)21(17)11-18/h3-6,9-12,23H,7-8,13H2,1-2H3. The predicted molar refractivity (Wildman–Crippen MR) is 107 cm³/mol. The second kappa shape index (κ2) is 6.96. The van der Waals surface area contributed by atoms with E-state index in [9.17, 15) is 14.4 Å². The van der Waals surface area contributed by atoms with Crippen LogP contribution in [0.2, 0.25) is 0 Å². The van der Waals surface area contributed by atoms with Gasteiger partial charge in [0.05, 0.1) is 17.9 Å². The Hall–Kier alpha value is -3.41. The van der Waals surface area contributed by atoms with Gasteiger partial charge in [0.15, 0.2) is 0 Å². The van der Waals surface area contributed by atoms with Gasteiger partial charge < -0.3 is 5.32 Å². The number of para-hydroxylation sites is 1. The van der Waals surface area contributed by atoms with Gasteiger partial charge in [-0.1, -0.05) is 24.3 Å². The van der Waals surface area contributed by atoms with Crippen molar-refractivity contribution in [2.45, 2.75) is 26.7 Å². The van der Waals surface area contributed by atoms with Crippen LogP contribution < -0.4 is 10.2 Å². The Morgan fingerprint density at radius 2 is 1.64 bits per heavy atom. The molecule has 2 aliphatic rings. The molecule has 0 bridgehead atoms. The molecule has 4 rings (SSSR count). The van der Waals surface area contributed by atoms with Crippen LogP contribution in [0.5, 0.6) is 0 Å². The maximum absolute atomic E-state index is 12.5. The topological polar surface area (TPSA) is 69.7 Å². The number of benzene rings is 2. The summed E-state index contributed by atoms with van der Waals surface area (Å²) in [6.07, 6.45) is 3.15. The molecule has 2 heterocycles. The van der Waals surface area contributed by atoms with E-state index in [2.05, 4.69) is 11.4 Å². The highest BCUT2D eigenvalue weighted by molar-refractivity contribution is 6.04. The van der Waals surface area contributed by atoms with Gasteiger partial charge >= 0.3 is 0 Å². The van der Waals surface area contributed by atoms with Gasteiger partial charge in [0.1, 0.15) is 0 Å². The molecular formula is C22H21N3O3. The molecule has 0 unspecified atom stereocenters. The van der Waals surface area contributed by atoms with Gasteiger partial charge in [-0.15, -0.1) is 0 Å². The van der Waals surface area contributed by atoms with Crippen LogP contribution in [0.15, 0.2) is 54.2 Å². The highest BCUT2D eigenvalue weighted by Gasteiger charge is 2.26. The smallest absolute Gasteiger partial charge is 0.255 e. The number of aryl methyl sites for hydroxylation is 2. The van der Waals surface area contributed by atoms with Crippen molar-refractivity contribution in [3.05, 3.63) is 65.4 Å². The molecular weight excluding hydrogens is 354 g/mol. The van der Waals surface area contributed by atoms with Gasteiger partial charge in [-0.3, -0.25) is 24.2 Å². The third-order valence-corrected chi connectivity index (χ3v) is 5.11. The number of nitrogens with one attached hydrogen (secondary N) is 1. The predicted octanol–water partition coefficient (Wildman–Crippen LogP) is 3.15. The lowest BCUT2D eigenvalue weighted by Gasteiger charge is -2.24. The van der Waals surface area contributed by atoms with Crippen LogP contribution in [-0.2, 0) is 27.2 Å². The lowest BCUT2D eigenvalue weighted by molar-refractivity contribution is -0.138. The summed E-state index contributed by atoms with van der Waals surface area (Å²) in [4.78, 5) is 38.9. The van der Waals surface area contributed by atoms with E-state index in [-0.39, 0.29) is 24.3 Å². The number of amides is 3. The first-order valence-corrected chi connectivity index (χ1v) is 9.25. The third-order valence-electron chi connectivity index (χ3n) is 5.11. The molecule has 2 aromatic carbocycles. The number of imide groups is 1. The van der Waals surface area contributed by atoms with Crippen molar-refractivity contribution in [1.29, 1.82) is 0 Å². The van der Waals surface area contributed by atoms with Gasteiger partial charge in [-0.25, -0.2) is 0 Å². The number of carbonyl (C=O) groups is 3. The Bertz CT molecular complexity index is 1030. The zero-order chi connectivity index (χ0) is 19.8. The monoisotopic (exact) mass is 375 g/mol. The van der Waals surface area contributed by atoms with Gasteiger partial charge in [0.2, 0.25) is 11.8 Å². The second-order valence-corrected chi connectivity index (χ2v) is 7.06. The first-order chi connectivity index (χ1) is 13.4. The Labute approximate surface area is 163 Å². The fourth-order valence-corrected chi connectivity index (χ4v) is 3.79. The number of fused-ring (bicyclic) bond motifs is 2. The molecule has 0 saturated heterocycles. The fourth-order valence-electron chi connectivity index (χ4n) is 3.79. The van der Waals surface area contributed by atoms with Gasteiger partial charge in [0.25, 0.3) is 5.91 Å². The average Bonchev–Trinajstić information content (AvgIpc) is 2.93. The first-order valence-electron chi connectivity index (χ1n) is 9.25. The van der Waals surface area contributed by atoms with Crippen molar-refractivity contribution in [1.82, 2.24) is 4.90 Å². The van der Waals surface area contributed by atoms with Crippen molar-refractivity contribution in [3.8, 4) is 0 Å². The van der Waals surface area contributed by atoms with E-state index < -0.39 is 0 Å². The summed E-state index contributed by atoms with van der Waals surface area (Å²) in [6, 6.07) is 13.8. The summed E-state index contributed by atoms with van der Waals surface area (Å²) >= 11 is 0. The molecule has 0 spiro atoms. The van der Waals surface area contributed by atoms with Gasteiger partial charge in [0, 0.05) is 31.3 Å². The lowest BCUT2D eigenvalue weighted by atomic mass is 10.0. The number of rotatable bonds is 2. The van der Waals surface area contributed by atoms with E-state index in [4.69, 9.17) is 0 Å². The molecule has 0 atom stereocenters. The maximum Gasteiger partial charge on any atom is 0.255 e. The number of carbonyl (C=O) groups excluding carboxylic acids is 3. The molecule has 0 fully saturated rings. The van der Waals surface area contributed by atoms with E-state index in [1.165, 1.54) is 17.9 Å². The summed E-state index contributed by atoms with van der Waals surface area (Å²) in [6.45, 7) is 3.17.